The van der Waals surface area contributed by atoms with E-state index in [-0.39, 0.29) is 18.4 Å². The van der Waals surface area contributed by atoms with Crippen LogP contribution in [0.2, 0.25) is 0 Å². The number of nitrogens with zero attached hydrogens (tertiary/aromatic N) is 2. The topological polar surface area (TPSA) is 120 Å². The molecule has 4 atom stereocenters. The number of aromatic nitrogens is 3. The van der Waals surface area contributed by atoms with Crippen LogP contribution < -0.4 is 11.1 Å². The summed E-state index contributed by atoms with van der Waals surface area (Å²) in [5.41, 5.74) is 9.20. The number of thioether (sulfide) groups is 1. The molecule has 27 heavy (non-hydrogen) atoms. The lowest BCUT2D eigenvalue weighted by atomic mass is 10.0. The summed E-state index contributed by atoms with van der Waals surface area (Å²) in [4.78, 5) is 11.3. The Bertz CT molecular complexity index is 894. The highest BCUT2D eigenvalue weighted by atomic mass is 35.5. The van der Waals surface area contributed by atoms with E-state index in [4.69, 9.17) is 5.73 Å². The monoisotopic (exact) mass is 407 g/mol. The molecule has 6 N–H and O–H groups in total. The van der Waals surface area contributed by atoms with Gasteiger partial charge in [-0.3, -0.25) is 0 Å². The van der Waals surface area contributed by atoms with Crippen molar-refractivity contribution in [2.75, 3.05) is 11.5 Å². The van der Waals surface area contributed by atoms with E-state index in [2.05, 4.69) is 32.4 Å². The molecule has 0 bridgehead atoms. The van der Waals surface area contributed by atoms with Gasteiger partial charge >= 0.3 is 0 Å². The third-order valence-corrected chi connectivity index (χ3v) is 5.90. The lowest BCUT2D eigenvalue weighted by Gasteiger charge is -2.15. The van der Waals surface area contributed by atoms with Crippen LogP contribution in [0.15, 0.2) is 42.9 Å². The predicted octanol–water partition coefficient (Wildman–Crippen LogP) is 1.63. The Morgan fingerprint density at radius 1 is 1.11 bits per heavy atom. The normalized spacial score (nSPS) is 24.8. The summed E-state index contributed by atoms with van der Waals surface area (Å²) in [5.74, 6) is 1.93. The average molecular weight is 408 g/mol. The average Bonchev–Trinajstić information content (AvgIpc) is 3.20. The number of nitrogen functional groups attached to an aromatic ring is 1. The largest absolute Gasteiger partial charge is 0.389 e. The van der Waals surface area contributed by atoms with E-state index >= 15 is 0 Å². The molecule has 0 spiro atoms. The highest BCUT2D eigenvalue weighted by Crippen LogP contribution is 2.33. The van der Waals surface area contributed by atoms with Crippen LogP contribution in [0.3, 0.4) is 0 Å². The van der Waals surface area contributed by atoms with Crippen LogP contribution in [0, 0.1) is 0 Å². The molecule has 2 aromatic heterocycles. The maximum Gasteiger partial charge on any atom is 0.151 e. The number of rotatable bonds is 5. The molecule has 144 valence electrons. The molecular formula is C18H22ClN5O2S. The van der Waals surface area contributed by atoms with Gasteiger partial charge < -0.3 is 26.2 Å². The molecule has 0 saturated carbocycles. The third kappa shape index (κ3) is 3.90. The first kappa shape index (κ1) is 19.9. The summed E-state index contributed by atoms with van der Waals surface area (Å²) in [6, 6.07) is 9.59. The minimum atomic E-state index is -0.910. The second kappa shape index (κ2) is 8.45. The van der Waals surface area contributed by atoms with Crippen LogP contribution >= 0.6 is 24.2 Å². The quantitative estimate of drug-likeness (QED) is 0.436. The van der Waals surface area contributed by atoms with Gasteiger partial charge in [0.15, 0.2) is 5.82 Å². The van der Waals surface area contributed by atoms with Gasteiger partial charge in [0.25, 0.3) is 0 Å². The Morgan fingerprint density at radius 2 is 1.89 bits per heavy atom. The van der Waals surface area contributed by atoms with Gasteiger partial charge in [0.2, 0.25) is 0 Å². The van der Waals surface area contributed by atoms with Crippen molar-refractivity contribution in [2.24, 2.45) is 0 Å². The van der Waals surface area contributed by atoms with Gasteiger partial charge in [-0.2, -0.15) is 11.8 Å². The SMILES string of the molecule is Cl.Nc1ncnc2c(C3NC(CSCc4ccccc4)C(O)C3O)c[nH]c12. The number of nitrogens with two attached hydrogens (primary N) is 1. The fourth-order valence-electron chi connectivity index (χ4n) is 3.38. The number of fused-ring (bicyclic) bond motifs is 1. The molecule has 7 nitrogen and oxygen atoms in total. The molecule has 0 aliphatic carbocycles. The van der Waals surface area contributed by atoms with E-state index in [0.29, 0.717) is 22.6 Å². The number of benzene rings is 1. The number of aliphatic hydroxyl groups is 2. The maximum atomic E-state index is 10.5. The third-order valence-electron chi connectivity index (χ3n) is 4.76. The Labute approximate surface area is 167 Å². The molecule has 1 fully saturated rings. The van der Waals surface area contributed by atoms with Gasteiger partial charge in [-0.05, 0) is 5.56 Å². The number of aromatic amines is 1. The van der Waals surface area contributed by atoms with E-state index < -0.39 is 18.2 Å². The number of hydrogen-bond acceptors (Lipinski definition) is 7. The van der Waals surface area contributed by atoms with E-state index in [1.807, 2.05) is 18.2 Å². The van der Waals surface area contributed by atoms with Crippen molar-refractivity contribution in [3.8, 4) is 0 Å². The summed E-state index contributed by atoms with van der Waals surface area (Å²) >= 11 is 1.73. The molecule has 1 saturated heterocycles. The summed E-state index contributed by atoms with van der Waals surface area (Å²) < 4.78 is 0. The summed E-state index contributed by atoms with van der Waals surface area (Å²) in [6.07, 6.45) is 1.42. The first-order valence-corrected chi connectivity index (χ1v) is 9.62. The smallest absolute Gasteiger partial charge is 0.151 e. The number of anilines is 1. The molecule has 3 heterocycles. The number of H-pyrrole nitrogens is 1. The fourth-order valence-corrected chi connectivity index (χ4v) is 4.47. The molecule has 3 aromatic rings. The van der Waals surface area contributed by atoms with Crippen molar-refractivity contribution < 1.29 is 10.2 Å². The minimum Gasteiger partial charge on any atom is -0.389 e. The Balaban J connectivity index is 0.00000210. The van der Waals surface area contributed by atoms with E-state index in [1.165, 1.54) is 11.9 Å². The zero-order valence-corrected chi connectivity index (χ0v) is 16.1. The number of halogens is 1. The molecule has 4 unspecified atom stereocenters. The zero-order chi connectivity index (χ0) is 18.1. The van der Waals surface area contributed by atoms with E-state index in [0.717, 1.165) is 11.3 Å². The molecule has 0 radical (unpaired) electrons. The van der Waals surface area contributed by atoms with Crippen molar-refractivity contribution in [1.82, 2.24) is 20.3 Å². The molecule has 1 aliphatic rings. The molecule has 9 heteroatoms. The molecule has 1 aromatic carbocycles. The zero-order valence-electron chi connectivity index (χ0n) is 14.4. The highest BCUT2D eigenvalue weighted by Gasteiger charge is 2.42. The van der Waals surface area contributed by atoms with Crippen LogP contribution in [0.5, 0.6) is 0 Å². The van der Waals surface area contributed by atoms with Gasteiger partial charge in [0.1, 0.15) is 17.9 Å². The fraction of sp³-hybridized carbons (Fsp3) is 0.333. The van der Waals surface area contributed by atoms with Gasteiger partial charge in [-0.1, -0.05) is 30.3 Å². The molecular weight excluding hydrogens is 386 g/mol. The van der Waals surface area contributed by atoms with Crippen LogP contribution in [0.4, 0.5) is 5.82 Å². The van der Waals surface area contributed by atoms with Gasteiger partial charge in [-0.15, -0.1) is 12.4 Å². The van der Waals surface area contributed by atoms with Crippen LogP contribution in [0.1, 0.15) is 17.2 Å². The Morgan fingerprint density at radius 3 is 2.67 bits per heavy atom. The van der Waals surface area contributed by atoms with Crippen molar-refractivity contribution in [3.63, 3.8) is 0 Å². The molecule has 1 aliphatic heterocycles. The highest BCUT2D eigenvalue weighted by molar-refractivity contribution is 7.98. The van der Waals surface area contributed by atoms with Gasteiger partial charge in [0, 0.05) is 29.3 Å². The summed E-state index contributed by atoms with van der Waals surface area (Å²) in [7, 11) is 0. The van der Waals surface area contributed by atoms with E-state index in [9.17, 15) is 10.2 Å². The van der Waals surface area contributed by atoms with Gasteiger partial charge in [0.05, 0.1) is 17.7 Å². The summed E-state index contributed by atoms with van der Waals surface area (Å²) in [6.45, 7) is 0. The lowest BCUT2D eigenvalue weighted by molar-refractivity contribution is 0.0308. The van der Waals surface area contributed by atoms with Crippen molar-refractivity contribution >= 4 is 41.0 Å². The number of aliphatic hydroxyl groups excluding tert-OH is 2. The Hall–Kier alpha value is -1.84. The molecule has 4 rings (SSSR count). The van der Waals surface area contributed by atoms with Crippen molar-refractivity contribution in [2.45, 2.75) is 30.0 Å². The van der Waals surface area contributed by atoms with Crippen LogP contribution in [0.25, 0.3) is 11.0 Å². The Kier molecular flexibility index (Phi) is 6.23. The first-order chi connectivity index (χ1) is 12.6. The van der Waals surface area contributed by atoms with Crippen molar-refractivity contribution in [1.29, 1.82) is 0 Å². The maximum absolute atomic E-state index is 10.5. The number of nitrogens with one attached hydrogen (secondary N) is 2. The standard InChI is InChI=1S/C18H21N5O2S.ClH/c19-18-15-13(21-9-22-18)11(6-20-15)14-17(25)16(24)12(23-14)8-26-7-10-4-2-1-3-5-10;/h1-6,9,12,14,16-17,20,23-25H,7-8H2,(H2,19,21,22);1H. The summed E-state index contributed by atoms with van der Waals surface area (Å²) in [5, 5.41) is 24.3. The van der Waals surface area contributed by atoms with Crippen molar-refractivity contribution in [3.05, 3.63) is 54.0 Å². The minimum absolute atomic E-state index is 0. The second-order valence-corrected chi connectivity index (χ2v) is 7.49. The molecule has 0 amide bonds. The number of hydrogen-bond donors (Lipinski definition) is 5. The lowest BCUT2D eigenvalue weighted by Crippen LogP contribution is -2.35. The first-order valence-electron chi connectivity index (χ1n) is 8.46. The second-order valence-electron chi connectivity index (χ2n) is 6.46. The van der Waals surface area contributed by atoms with E-state index in [1.54, 1.807) is 18.0 Å². The van der Waals surface area contributed by atoms with Crippen LogP contribution in [-0.4, -0.2) is 49.2 Å². The predicted molar refractivity (Wildman–Crippen MR) is 110 cm³/mol. The van der Waals surface area contributed by atoms with Gasteiger partial charge in [-0.25, -0.2) is 9.97 Å². The van der Waals surface area contributed by atoms with Crippen LogP contribution in [-0.2, 0) is 5.75 Å².